The molecular weight excluding hydrogens is 312 g/mol. The number of benzene rings is 2. The minimum absolute atomic E-state index is 0.908. The number of rotatable bonds is 3. The van der Waals surface area contributed by atoms with Crippen LogP contribution in [0, 0.1) is 12.8 Å². The topological polar surface area (TPSA) is 0 Å². The van der Waals surface area contributed by atoms with E-state index in [9.17, 15) is 0 Å². The first-order chi connectivity index (χ1) is 12.7. The van der Waals surface area contributed by atoms with E-state index in [1.165, 1.54) is 78.3 Å². The Hall–Kier alpha value is -1.82. The average Bonchev–Trinajstić information content (AvgIpc) is 3.18. The van der Waals surface area contributed by atoms with E-state index in [-0.39, 0.29) is 0 Å². The minimum atomic E-state index is 0.908. The van der Waals surface area contributed by atoms with Crippen LogP contribution in [0.5, 0.6) is 0 Å². The largest absolute Gasteiger partial charge is 0.0952 e. The molecule has 1 saturated carbocycles. The minimum Gasteiger partial charge on any atom is -0.0952 e. The molecule has 0 nitrogen and oxygen atoms in total. The molecule has 4 rings (SSSR count). The van der Waals surface area contributed by atoms with Crippen LogP contribution in [0.25, 0.3) is 16.7 Å². The molecule has 0 unspecified atom stereocenters. The quantitative estimate of drug-likeness (QED) is 0.532. The van der Waals surface area contributed by atoms with Crippen molar-refractivity contribution in [3.8, 4) is 11.1 Å². The Morgan fingerprint density at radius 2 is 1.58 bits per heavy atom. The van der Waals surface area contributed by atoms with Gasteiger partial charge in [-0.3, -0.25) is 0 Å². The summed E-state index contributed by atoms with van der Waals surface area (Å²) in [7, 11) is 0. The summed E-state index contributed by atoms with van der Waals surface area (Å²) >= 11 is 0. The predicted molar refractivity (Wildman–Crippen MR) is 116 cm³/mol. The highest BCUT2D eigenvalue weighted by Crippen LogP contribution is 2.34. The van der Waals surface area contributed by atoms with Gasteiger partial charge in [0.2, 0.25) is 0 Å². The summed E-state index contributed by atoms with van der Waals surface area (Å²) in [6, 6.07) is 14.1. The van der Waals surface area contributed by atoms with E-state index in [2.05, 4.69) is 49.9 Å². The van der Waals surface area contributed by atoms with Gasteiger partial charge in [-0.1, -0.05) is 82.5 Å². The van der Waals surface area contributed by atoms with Gasteiger partial charge in [-0.15, -0.1) is 0 Å². The fourth-order valence-corrected chi connectivity index (χ4v) is 4.55. The van der Waals surface area contributed by atoms with Crippen molar-refractivity contribution >= 4 is 5.57 Å². The van der Waals surface area contributed by atoms with Gasteiger partial charge in [-0.05, 0) is 77.5 Å². The molecule has 0 aliphatic heterocycles. The first-order valence-corrected chi connectivity index (χ1v) is 10.6. The predicted octanol–water partition coefficient (Wildman–Crippen LogP) is 7.77. The molecule has 2 aliphatic carbocycles. The van der Waals surface area contributed by atoms with Crippen LogP contribution in [0.15, 0.2) is 43.0 Å². The summed E-state index contributed by atoms with van der Waals surface area (Å²) in [6.45, 7) is 10.5. The lowest BCUT2D eigenvalue weighted by Gasteiger charge is -2.19. The van der Waals surface area contributed by atoms with Crippen molar-refractivity contribution in [2.75, 3.05) is 0 Å². The van der Waals surface area contributed by atoms with Gasteiger partial charge in [-0.25, -0.2) is 0 Å². The molecule has 0 bridgehead atoms. The molecule has 0 amide bonds. The van der Waals surface area contributed by atoms with Crippen LogP contribution in [-0.2, 0) is 12.8 Å². The molecule has 2 aromatic rings. The molecule has 1 fully saturated rings. The first-order valence-electron chi connectivity index (χ1n) is 10.6. The Balaban J connectivity index is 0.000000948. The number of hydrogen-bond acceptors (Lipinski definition) is 0. The number of fused-ring (bicyclic) bond motifs is 1. The Kier molecular flexibility index (Phi) is 6.35. The van der Waals surface area contributed by atoms with Crippen molar-refractivity contribution in [1.82, 2.24) is 0 Å². The van der Waals surface area contributed by atoms with Gasteiger partial charge in [0.1, 0.15) is 0 Å². The summed E-state index contributed by atoms with van der Waals surface area (Å²) in [5.41, 5.74) is 9.96. The van der Waals surface area contributed by atoms with Gasteiger partial charge >= 0.3 is 0 Å². The second-order valence-electron chi connectivity index (χ2n) is 7.82. The Morgan fingerprint density at radius 3 is 2.35 bits per heavy atom. The number of hydrogen-bond donors (Lipinski definition) is 0. The van der Waals surface area contributed by atoms with E-state index in [0.29, 0.717) is 0 Å². The summed E-state index contributed by atoms with van der Waals surface area (Å²) < 4.78 is 0. The molecule has 26 heavy (non-hydrogen) atoms. The van der Waals surface area contributed by atoms with Crippen LogP contribution >= 0.6 is 0 Å². The third kappa shape index (κ3) is 4.11. The second kappa shape index (κ2) is 8.71. The van der Waals surface area contributed by atoms with Gasteiger partial charge in [0.15, 0.2) is 0 Å². The van der Waals surface area contributed by atoms with E-state index in [4.69, 9.17) is 0 Å². The third-order valence-electron chi connectivity index (χ3n) is 6.08. The lowest BCUT2D eigenvalue weighted by Crippen LogP contribution is -2.02. The van der Waals surface area contributed by atoms with Crippen LogP contribution in [0.1, 0.15) is 74.6 Å². The standard InChI is InChI=1S/C24H28.C2H6/c1-17-10-11-20(16-23(17)14-19-7-3-4-8-19)21-12-13-24-18(2)6-5-9-22(24)15-21;1-2/h10-13,15-16,19H,2-9,14H2,1H3;1-2H3. The summed E-state index contributed by atoms with van der Waals surface area (Å²) in [5.74, 6) is 0.908. The van der Waals surface area contributed by atoms with Gasteiger partial charge < -0.3 is 0 Å². The highest BCUT2D eigenvalue weighted by Gasteiger charge is 2.17. The molecule has 0 heteroatoms. The van der Waals surface area contributed by atoms with E-state index >= 15 is 0 Å². The molecule has 0 radical (unpaired) electrons. The Bertz CT molecular complexity index is 760. The van der Waals surface area contributed by atoms with Crippen molar-refractivity contribution < 1.29 is 0 Å². The second-order valence-corrected chi connectivity index (χ2v) is 7.82. The number of aryl methyl sites for hydroxylation is 2. The summed E-state index contributed by atoms with van der Waals surface area (Å²) in [5, 5.41) is 0. The van der Waals surface area contributed by atoms with Crippen molar-refractivity contribution in [2.24, 2.45) is 5.92 Å². The average molecular weight is 347 g/mol. The highest BCUT2D eigenvalue weighted by atomic mass is 14.2. The van der Waals surface area contributed by atoms with Crippen molar-refractivity contribution in [3.05, 3.63) is 65.2 Å². The highest BCUT2D eigenvalue weighted by molar-refractivity contribution is 5.73. The molecule has 2 aliphatic rings. The van der Waals surface area contributed by atoms with Gasteiger partial charge in [-0.2, -0.15) is 0 Å². The monoisotopic (exact) mass is 346 g/mol. The molecule has 0 N–H and O–H groups in total. The van der Waals surface area contributed by atoms with Crippen LogP contribution in [-0.4, -0.2) is 0 Å². The van der Waals surface area contributed by atoms with E-state index in [1.807, 2.05) is 13.8 Å². The van der Waals surface area contributed by atoms with E-state index in [1.54, 1.807) is 5.56 Å². The molecule has 138 valence electrons. The summed E-state index contributed by atoms with van der Waals surface area (Å²) in [4.78, 5) is 0. The smallest absolute Gasteiger partial charge is 0.0181 e. The lowest BCUT2D eigenvalue weighted by molar-refractivity contribution is 0.545. The fraction of sp³-hybridized carbons (Fsp3) is 0.462. The van der Waals surface area contributed by atoms with E-state index < -0.39 is 0 Å². The van der Waals surface area contributed by atoms with E-state index in [0.717, 1.165) is 12.3 Å². The zero-order valence-electron chi connectivity index (χ0n) is 16.9. The van der Waals surface area contributed by atoms with Crippen LogP contribution in [0.4, 0.5) is 0 Å². The third-order valence-corrected chi connectivity index (χ3v) is 6.08. The Labute approximate surface area is 160 Å². The Morgan fingerprint density at radius 1 is 0.885 bits per heavy atom. The van der Waals surface area contributed by atoms with Crippen LogP contribution in [0.2, 0.25) is 0 Å². The normalized spacial score (nSPS) is 16.8. The molecule has 0 aromatic heterocycles. The summed E-state index contributed by atoms with van der Waals surface area (Å²) in [6.07, 6.45) is 10.6. The molecule has 0 atom stereocenters. The zero-order chi connectivity index (χ0) is 18.5. The van der Waals surface area contributed by atoms with Crippen molar-refractivity contribution in [3.63, 3.8) is 0 Å². The maximum Gasteiger partial charge on any atom is -0.0181 e. The molecule has 0 heterocycles. The van der Waals surface area contributed by atoms with Crippen LogP contribution in [0.3, 0.4) is 0 Å². The van der Waals surface area contributed by atoms with Crippen molar-refractivity contribution in [2.45, 2.75) is 72.1 Å². The first kappa shape index (κ1) is 19.0. The maximum atomic E-state index is 4.24. The van der Waals surface area contributed by atoms with Crippen molar-refractivity contribution in [1.29, 1.82) is 0 Å². The molecule has 0 saturated heterocycles. The fourth-order valence-electron chi connectivity index (χ4n) is 4.55. The van der Waals surface area contributed by atoms with Gasteiger partial charge in [0.05, 0.1) is 0 Å². The van der Waals surface area contributed by atoms with Gasteiger partial charge in [0.25, 0.3) is 0 Å². The molecular formula is C26H34. The molecule has 0 spiro atoms. The zero-order valence-corrected chi connectivity index (χ0v) is 16.9. The van der Waals surface area contributed by atoms with Crippen LogP contribution < -0.4 is 0 Å². The number of allylic oxidation sites excluding steroid dienone is 1. The SMILES string of the molecule is C=C1CCCc2cc(-c3ccc(C)c(CC4CCCC4)c3)ccc21.CC. The van der Waals surface area contributed by atoms with Gasteiger partial charge in [0, 0.05) is 0 Å². The maximum absolute atomic E-state index is 4.24. The lowest BCUT2D eigenvalue weighted by atomic mass is 9.85. The molecule has 2 aromatic carbocycles.